The number of anilines is 2. The third kappa shape index (κ3) is 2.82. The summed E-state index contributed by atoms with van der Waals surface area (Å²) in [5, 5.41) is 1.12. The van der Waals surface area contributed by atoms with Gasteiger partial charge >= 0.3 is 0 Å². The molecule has 3 aromatic rings. The molecule has 3 heteroatoms. The van der Waals surface area contributed by atoms with Gasteiger partial charge in [-0.1, -0.05) is 30.3 Å². The maximum absolute atomic E-state index is 6.11. The summed E-state index contributed by atoms with van der Waals surface area (Å²) in [6.45, 7) is 2.84. The van der Waals surface area contributed by atoms with Crippen molar-refractivity contribution < 1.29 is 0 Å². The Labute approximate surface area is 125 Å². The Kier molecular flexibility index (Phi) is 3.48. The summed E-state index contributed by atoms with van der Waals surface area (Å²) in [6.07, 6.45) is 0. The van der Waals surface area contributed by atoms with Gasteiger partial charge in [0.25, 0.3) is 0 Å². The van der Waals surface area contributed by atoms with Gasteiger partial charge in [0.15, 0.2) is 0 Å². The molecule has 0 radical (unpaired) electrons. The molecule has 2 N–H and O–H groups in total. The number of hydrogen-bond acceptors (Lipinski definition) is 3. The number of hydrogen-bond donors (Lipinski definition) is 1. The fraction of sp³-hybridized carbons (Fsp3) is 0.167. The maximum Gasteiger partial charge on any atom is 0.129 e. The van der Waals surface area contributed by atoms with Crippen molar-refractivity contribution in [1.82, 2.24) is 4.98 Å². The van der Waals surface area contributed by atoms with E-state index in [0.29, 0.717) is 5.82 Å². The Morgan fingerprint density at radius 1 is 1.05 bits per heavy atom. The minimum Gasteiger partial charge on any atom is -0.383 e. The number of pyridine rings is 1. The van der Waals surface area contributed by atoms with E-state index in [1.807, 2.05) is 18.2 Å². The summed E-state index contributed by atoms with van der Waals surface area (Å²) in [5.74, 6) is 0.605. The van der Waals surface area contributed by atoms with E-state index in [1.54, 1.807) is 0 Å². The molecule has 106 valence electrons. The van der Waals surface area contributed by atoms with Crippen LogP contribution >= 0.6 is 0 Å². The van der Waals surface area contributed by atoms with Crippen LogP contribution < -0.4 is 10.6 Å². The van der Waals surface area contributed by atoms with Gasteiger partial charge in [-0.05, 0) is 36.8 Å². The lowest BCUT2D eigenvalue weighted by molar-refractivity contribution is 0.921. The Bertz CT molecular complexity index is 780. The topological polar surface area (TPSA) is 42.2 Å². The molecule has 0 atom stereocenters. The highest BCUT2D eigenvalue weighted by molar-refractivity contribution is 5.81. The van der Waals surface area contributed by atoms with Crippen LogP contribution in [0, 0.1) is 6.92 Å². The van der Waals surface area contributed by atoms with Gasteiger partial charge in [-0.25, -0.2) is 4.98 Å². The van der Waals surface area contributed by atoms with Crippen LogP contribution in [0.4, 0.5) is 11.5 Å². The molecule has 0 amide bonds. The van der Waals surface area contributed by atoms with E-state index in [4.69, 9.17) is 5.73 Å². The molecule has 3 nitrogen and oxygen atoms in total. The van der Waals surface area contributed by atoms with Crippen LogP contribution in [0.2, 0.25) is 0 Å². The molecule has 0 aliphatic heterocycles. The lowest BCUT2D eigenvalue weighted by Gasteiger charge is -2.20. The van der Waals surface area contributed by atoms with Gasteiger partial charge in [0, 0.05) is 30.2 Å². The first-order valence-corrected chi connectivity index (χ1v) is 7.05. The molecule has 0 unspecified atom stereocenters. The van der Waals surface area contributed by atoms with Crippen LogP contribution in [0.15, 0.2) is 54.6 Å². The van der Waals surface area contributed by atoms with Gasteiger partial charge in [0.05, 0.1) is 5.52 Å². The summed E-state index contributed by atoms with van der Waals surface area (Å²) < 4.78 is 0. The fourth-order valence-corrected chi connectivity index (χ4v) is 2.51. The molecule has 0 saturated heterocycles. The maximum atomic E-state index is 6.11. The molecule has 0 saturated carbocycles. The second kappa shape index (κ2) is 5.44. The zero-order valence-corrected chi connectivity index (χ0v) is 12.4. The number of nitrogens with zero attached hydrogens (tertiary/aromatic N) is 2. The van der Waals surface area contributed by atoms with E-state index in [0.717, 1.165) is 23.0 Å². The van der Waals surface area contributed by atoms with Crippen LogP contribution in [0.5, 0.6) is 0 Å². The van der Waals surface area contributed by atoms with Gasteiger partial charge in [-0.3, -0.25) is 0 Å². The second-order valence-corrected chi connectivity index (χ2v) is 5.42. The summed E-state index contributed by atoms with van der Waals surface area (Å²) in [7, 11) is 2.07. The molecule has 2 aromatic carbocycles. The number of nitrogen functional groups attached to an aromatic ring is 1. The van der Waals surface area contributed by atoms with E-state index >= 15 is 0 Å². The van der Waals surface area contributed by atoms with Gasteiger partial charge in [-0.2, -0.15) is 0 Å². The molecule has 0 spiro atoms. The lowest BCUT2D eigenvalue weighted by atomic mass is 10.1. The molecule has 3 rings (SSSR count). The number of aryl methyl sites for hydroxylation is 1. The van der Waals surface area contributed by atoms with Crippen LogP contribution in [-0.4, -0.2) is 12.0 Å². The molecule has 1 aromatic heterocycles. The number of para-hydroxylation sites is 1. The Hall–Kier alpha value is -2.55. The van der Waals surface area contributed by atoms with Crippen molar-refractivity contribution >= 4 is 22.4 Å². The Morgan fingerprint density at radius 3 is 2.67 bits per heavy atom. The van der Waals surface area contributed by atoms with Crippen LogP contribution in [0.3, 0.4) is 0 Å². The molecule has 0 aliphatic rings. The van der Waals surface area contributed by atoms with Crippen molar-refractivity contribution in [2.45, 2.75) is 13.5 Å². The number of fused-ring (bicyclic) bond motifs is 1. The predicted octanol–water partition coefficient (Wildman–Crippen LogP) is 3.76. The third-order valence-corrected chi connectivity index (χ3v) is 3.69. The van der Waals surface area contributed by atoms with Crippen molar-refractivity contribution in [3.05, 3.63) is 65.7 Å². The number of rotatable bonds is 3. The van der Waals surface area contributed by atoms with Crippen molar-refractivity contribution in [3.8, 4) is 0 Å². The first-order chi connectivity index (χ1) is 10.1. The Morgan fingerprint density at radius 2 is 1.86 bits per heavy atom. The molecule has 0 bridgehead atoms. The molecule has 21 heavy (non-hydrogen) atoms. The highest BCUT2D eigenvalue weighted by Gasteiger charge is 2.08. The summed E-state index contributed by atoms with van der Waals surface area (Å²) >= 11 is 0. The van der Waals surface area contributed by atoms with Gasteiger partial charge < -0.3 is 10.6 Å². The number of aromatic nitrogens is 1. The normalized spacial score (nSPS) is 10.8. The summed E-state index contributed by atoms with van der Waals surface area (Å²) in [4.78, 5) is 6.68. The summed E-state index contributed by atoms with van der Waals surface area (Å²) in [6, 6.07) is 18.6. The van der Waals surface area contributed by atoms with Crippen LogP contribution in [0.25, 0.3) is 10.9 Å². The molecular weight excluding hydrogens is 258 g/mol. The SMILES string of the molecule is Cc1cccc(N(C)Cc2cc3ccccc3nc2N)c1. The largest absolute Gasteiger partial charge is 0.383 e. The summed E-state index contributed by atoms with van der Waals surface area (Å²) in [5.41, 5.74) is 10.5. The van der Waals surface area contributed by atoms with E-state index in [2.05, 4.69) is 60.3 Å². The fourth-order valence-electron chi connectivity index (χ4n) is 2.51. The van der Waals surface area contributed by atoms with Crippen molar-refractivity contribution in [2.75, 3.05) is 17.7 Å². The smallest absolute Gasteiger partial charge is 0.129 e. The lowest BCUT2D eigenvalue weighted by Crippen LogP contribution is -2.17. The first-order valence-electron chi connectivity index (χ1n) is 7.05. The highest BCUT2D eigenvalue weighted by atomic mass is 15.1. The van der Waals surface area contributed by atoms with Crippen LogP contribution in [0.1, 0.15) is 11.1 Å². The zero-order valence-electron chi connectivity index (χ0n) is 12.4. The molecular formula is C18H19N3. The minimum atomic E-state index is 0.605. The third-order valence-electron chi connectivity index (χ3n) is 3.69. The number of benzene rings is 2. The average molecular weight is 277 g/mol. The zero-order chi connectivity index (χ0) is 14.8. The molecule has 0 fully saturated rings. The van der Waals surface area contributed by atoms with Gasteiger partial charge in [0.1, 0.15) is 5.82 Å². The van der Waals surface area contributed by atoms with Gasteiger partial charge in [0.2, 0.25) is 0 Å². The molecule has 0 aliphatic carbocycles. The first kappa shape index (κ1) is 13.4. The molecule has 1 heterocycles. The monoisotopic (exact) mass is 277 g/mol. The predicted molar refractivity (Wildman–Crippen MR) is 89.4 cm³/mol. The van der Waals surface area contributed by atoms with Crippen LogP contribution in [-0.2, 0) is 6.54 Å². The quantitative estimate of drug-likeness (QED) is 0.792. The van der Waals surface area contributed by atoms with Crippen molar-refractivity contribution in [3.63, 3.8) is 0 Å². The van der Waals surface area contributed by atoms with Crippen molar-refractivity contribution in [1.29, 1.82) is 0 Å². The minimum absolute atomic E-state index is 0.605. The van der Waals surface area contributed by atoms with E-state index in [-0.39, 0.29) is 0 Å². The van der Waals surface area contributed by atoms with Gasteiger partial charge in [-0.15, -0.1) is 0 Å². The van der Waals surface area contributed by atoms with E-state index < -0.39 is 0 Å². The van der Waals surface area contributed by atoms with Crippen molar-refractivity contribution in [2.24, 2.45) is 0 Å². The van der Waals surface area contributed by atoms with E-state index in [1.165, 1.54) is 11.3 Å². The van der Waals surface area contributed by atoms with E-state index in [9.17, 15) is 0 Å². The average Bonchev–Trinajstić information content (AvgIpc) is 2.48. The standard InChI is InChI=1S/C18H19N3/c1-13-6-5-8-16(10-13)21(2)12-15-11-14-7-3-4-9-17(14)20-18(15)19/h3-11H,12H2,1-2H3,(H2,19,20). The second-order valence-electron chi connectivity index (χ2n) is 5.42. The number of nitrogens with two attached hydrogens (primary N) is 1. The Balaban J connectivity index is 1.92. The highest BCUT2D eigenvalue weighted by Crippen LogP contribution is 2.22.